The highest BCUT2D eigenvalue weighted by molar-refractivity contribution is 5.71. The lowest BCUT2D eigenvalue weighted by Gasteiger charge is -2.18. The van der Waals surface area contributed by atoms with Crippen molar-refractivity contribution in [3.63, 3.8) is 0 Å². The minimum atomic E-state index is -0.785. The Kier molecular flexibility index (Phi) is 51.3. The van der Waals surface area contributed by atoms with E-state index < -0.39 is 6.10 Å². The Hall–Kier alpha value is -2.89. The average Bonchev–Trinajstić information content (AvgIpc) is 3.30. The molecule has 0 saturated heterocycles. The van der Waals surface area contributed by atoms with Gasteiger partial charge in [0, 0.05) is 19.3 Å². The molecular weight excluding hydrogens is 805 g/mol. The Balaban J connectivity index is 4.41. The molecule has 0 aliphatic carbocycles. The summed E-state index contributed by atoms with van der Waals surface area (Å²) in [5.74, 6) is -0.902. The largest absolute Gasteiger partial charge is 0.462 e. The van der Waals surface area contributed by atoms with Crippen LogP contribution in [-0.4, -0.2) is 37.2 Å². The maximum atomic E-state index is 12.8. The summed E-state index contributed by atoms with van der Waals surface area (Å²) in [6, 6.07) is 0. The number of hydrogen-bond acceptors (Lipinski definition) is 6. The molecule has 0 bridgehead atoms. The smallest absolute Gasteiger partial charge is 0.306 e. The van der Waals surface area contributed by atoms with Gasteiger partial charge in [0.1, 0.15) is 13.2 Å². The van der Waals surface area contributed by atoms with E-state index in [4.69, 9.17) is 14.2 Å². The molecule has 0 fully saturated rings. The van der Waals surface area contributed by atoms with Crippen molar-refractivity contribution in [2.24, 2.45) is 0 Å². The third kappa shape index (κ3) is 51.9. The normalized spacial score (nSPS) is 12.5. The molecule has 6 heteroatoms. The number of unbranched alkanes of at least 4 members (excludes halogenated alkanes) is 29. The van der Waals surface area contributed by atoms with Crippen LogP contribution in [0.3, 0.4) is 0 Å². The van der Waals surface area contributed by atoms with Crippen molar-refractivity contribution in [3.05, 3.63) is 60.8 Å². The van der Waals surface area contributed by atoms with Gasteiger partial charge in [0.2, 0.25) is 0 Å². The van der Waals surface area contributed by atoms with Crippen molar-refractivity contribution >= 4 is 17.9 Å². The predicted molar refractivity (Wildman–Crippen MR) is 279 cm³/mol. The minimum absolute atomic E-state index is 0.0840. The molecule has 6 nitrogen and oxygen atoms in total. The number of hydrogen-bond donors (Lipinski definition) is 0. The quantitative estimate of drug-likeness (QED) is 0.0262. The number of ether oxygens (including phenoxy) is 3. The van der Waals surface area contributed by atoms with E-state index in [-0.39, 0.29) is 31.1 Å². The molecule has 0 unspecified atom stereocenters. The third-order valence-corrected chi connectivity index (χ3v) is 12.0. The van der Waals surface area contributed by atoms with E-state index in [1.807, 2.05) is 0 Å². The van der Waals surface area contributed by atoms with E-state index in [1.165, 1.54) is 148 Å². The summed E-state index contributed by atoms with van der Waals surface area (Å²) >= 11 is 0. The topological polar surface area (TPSA) is 78.9 Å². The number of carbonyl (C=O) groups excluding carboxylic acids is 3. The fourth-order valence-corrected chi connectivity index (χ4v) is 7.73. The van der Waals surface area contributed by atoms with Crippen LogP contribution in [0.2, 0.25) is 0 Å². The molecule has 1 atom stereocenters. The SMILES string of the molecule is CCCCC/C=C\C/C=C\CCCCCCCCCC(=O)OC[C@H](COC(=O)CCCCCCC/C=C\C/C=C\CCCCC)OC(=O)CCCCCCCCC/C=C\CCCCCC. The fourth-order valence-electron chi connectivity index (χ4n) is 7.73. The summed E-state index contributed by atoms with van der Waals surface area (Å²) in [7, 11) is 0. The summed E-state index contributed by atoms with van der Waals surface area (Å²) < 4.78 is 16.8. The maximum Gasteiger partial charge on any atom is 0.306 e. The van der Waals surface area contributed by atoms with Crippen LogP contribution in [0.25, 0.3) is 0 Å². The fraction of sp³-hybridized carbons (Fsp3) is 0.780. The van der Waals surface area contributed by atoms with Gasteiger partial charge in [0.15, 0.2) is 6.10 Å². The van der Waals surface area contributed by atoms with Gasteiger partial charge in [-0.3, -0.25) is 14.4 Å². The Morgan fingerprint density at radius 2 is 0.554 bits per heavy atom. The second-order valence-electron chi connectivity index (χ2n) is 18.5. The Labute approximate surface area is 402 Å². The first kappa shape index (κ1) is 62.1. The highest BCUT2D eigenvalue weighted by atomic mass is 16.6. The lowest BCUT2D eigenvalue weighted by Crippen LogP contribution is -2.30. The van der Waals surface area contributed by atoms with Crippen LogP contribution in [0.5, 0.6) is 0 Å². The van der Waals surface area contributed by atoms with Crippen LogP contribution in [0, 0.1) is 0 Å². The molecule has 65 heavy (non-hydrogen) atoms. The molecule has 0 amide bonds. The van der Waals surface area contributed by atoms with E-state index in [2.05, 4.69) is 81.5 Å². The monoisotopic (exact) mass is 909 g/mol. The van der Waals surface area contributed by atoms with E-state index in [0.29, 0.717) is 19.3 Å². The third-order valence-electron chi connectivity index (χ3n) is 12.0. The zero-order chi connectivity index (χ0) is 47.2. The predicted octanol–water partition coefficient (Wildman–Crippen LogP) is 18.4. The van der Waals surface area contributed by atoms with Crippen LogP contribution in [0.1, 0.15) is 278 Å². The summed E-state index contributed by atoms with van der Waals surface area (Å²) in [4.78, 5) is 38.1. The maximum absolute atomic E-state index is 12.8. The first-order chi connectivity index (χ1) is 32.0. The number of carbonyl (C=O) groups is 3. The Bertz CT molecular complexity index is 1180. The van der Waals surface area contributed by atoms with Gasteiger partial charge < -0.3 is 14.2 Å². The summed E-state index contributed by atoms with van der Waals surface area (Å²) in [6.45, 7) is 6.57. The standard InChI is InChI=1S/C59H104O6/c1-4-7-10-13-16-19-22-25-28-29-32-34-37-40-43-46-49-52-58(61)64-55-56(65-59(62)53-50-47-44-41-38-35-31-27-24-21-18-15-12-9-6-3)54-63-57(60)51-48-45-42-39-36-33-30-26-23-20-17-14-11-8-5-2/h16-17,19-21,24-26,28,30,56H,4-15,18,22-23,27,29,31-55H2,1-3H3/b19-16-,20-17-,24-21-,28-25-,30-26-/t56-/m0/s1. The van der Waals surface area contributed by atoms with Gasteiger partial charge in [0.25, 0.3) is 0 Å². The van der Waals surface area contributed by atoms with Crippen molar-refractivity contribution in [2.45, 2.75) is 284 Å². The number of esters is 3. The second kappa shape index (κ2) is 53.7. The Morgan fingerprint density at radius 3 is 0.892 bits per heavy atom. The molecule has 0 saturated carbocycles. The van der Waals surface area contributed by atoms with Crippen LogP contribution >= 0.6 is 0 Å². The molecule has 0 rings (SSSR count). The molecule has 0 aromatic carbocycles. The van der Waals surface area contributed by atoms with Gasteiger partial charge in [-0.05, 0) is 109 Å². The van der Waals surface area contributed by atoms with Crippen molar-refractivity contribution in [2.75, 3.05) is 13.2 Å². The molecule has 0 radical (unpaired) electrons. The van der Waals surface area contributed by atoms with Crippen molar-refractivity contribution in [1.82, 2.24) is 0 Å². The molecule has 0 aromatic heterocycles. The van der Waals surface area contributed by atoms with Gasteiger partial charge in [-0.25, -0.2) is 0 Å². The lowest BCUT2D eigenvalue weighted by atomic mass is 10.1. The van der Waals surface area contributed by atoms with Gasteiger partial charge in [-0.15, -0.1) is 0 Å². The first-order valence-corrected chi connectivity index (χ1v) is 27.8. The van der Waals surface area contributed by atoms with Gasteiger partial charge >= 0.3 is 17.9 Å². The van der Waals surface area contributed by atoms with Gasteiger partial charge in [-0.2, -0.15) is 0 Å². The molecular formula is C59H104O6. The molecule has 0 spiro atoms. The van der Waals surface area contributed by atoms with Crippen LogP contribution in [-0.2, 0) is 28.6 Å². The zero-order valence-electron chi connectivity index (χ0n) is 43.0. The van der Waals surface area contributed by atoms with E-state index in [9.17, 15) is 14.4 Å². The molecule has 376 valence electrons. The zero-order valence-corrected chi connectivity index (χ0v) is 43.0. The van der Waals surface area contributed by atoms with Crippen molar-refractivity contribution in [3.8, 4) is 0 Å². The summed E-state index contributed by atoms with van der Waals surface area (Å²) in [5.41, 5.74) is 0. The van der Waals surface area contributed by atoms with Crippen LogP contribution in [0.4, 0.5) is 0 Å². The Morgan fingerprint density at radius 1 is 0.308 bits per heavy atom. The second-order valence-corrected chi connectivity index (χ2v) is 18.5. The lowest BCUT2D eigenvalue weighted by molar-refractivity contribution is -0.167. The number of allylic oxidation sites excluding steroid dienone is 10. The summed E-state index contributed by atoms with van der Waals surface area (Å²) in [5, 5.41) is 0. The molecule has 0 aromatic rings. The number of rotatable bonds is 50. The van der Waals surface area contributed by atoms with Crippen LogP contribution in [0.15, 0.2) is 60.8 Å². The van der Waals surface area contributed by atoms with Crippen LogP contribution < -0.4 is 0 Å². The molecule has 0 aliphatic rings. The van der Waals surface area contributed by atoms with Gasteiger partial charge in [0.05, 0.1) is 0 Å². The minimum Gasteiger partial charge on any atom is -0.462 e. The highest BCUT2D eigenvalue weighted by Gasteiger charge is 2.19. The molecule has 0 N–H and O–H groups in total. The van der Waals surface area contributed by atoms with E-state index >= 15 is 0 Å². The van der Waals surface area contributed by atoms with Gasteiger partial charge in [-0.1, -0.05) is 210 Å². The van der Waals surface area contributed by atoms with Crippen molar-refractivity contribution < 1.29 is 28.6 Å². The summed E-state index contributed by atoms with van der Waals surface area (Å²) in [6.07, 6.45) is 66.2. The first-order valence-electron chi connectivity index (χ1n) is 27.8. The molecule has 0 aliphatic heterocycles. The highest BCUT2D eigenvalue weighted by Crippen LogP contribution is 2.15. The molecule has 0 heterocycles. The van der Waals surface area contributed by atoms with E-state index in [0.717, 1.165) is 89.9 Å². The van der Waals surface area contributed by atoms with Crippen molar-refractivity contribution in [1.29, 1.82) is 0 Å². The van der Waals surface area contributed by atoms with E-state index in [1.54, 1.807) is 0 Å². The average molecular weight is 909 g/mol.